The van der Waals surface area contributed by atoms with Gasteiger partial charge in [0.25, 0.3) is 0 Å². The van der Waals surface area contributed by atoms with E-state index in [-0.39, 0.29) is 0 Å². The van der Waals surface area contributed by atoms with E-state index in [0.717, 1.165) is 25.2 Å². The van der Waals surface area contributed by atoms with Gasteiger partial charge < -0.3 is 5.32 Å². The maximum absolute atomic E-state index is 12.1. The number of fused-ring (bicyclic) bond motifs is 2. The number of carbonyl (C=O) groups is 1. The molecule has 0 aromatic rings. The Morgan fingerprint density at radius 1 is 1.07 bits per heavy atom. The highest BCUT2D eigenvalue weighted by atomic mass is 16.1. The molecule has 2 heterocycles. The molecule has 2 nitrogen and oxygen atoms in total. The van der Waals surface area contributed by atoms with Crippen LogP contribution in [0.1, 0.15) is 51.4 Å². The largest absolute Gasteiger partial charge is 0.311 e. The van der Waals surface area contributed by atoms with Crippen LogP contribution in [0.5, 0.6) is 0 Å². The van der Waals surface area contributed by atoms with E-state index >= 15 is 0 Å². The van der Waals surface area contributed by atoms with Gasteiger partial charge in [0.15, 0.2) is 0 Å². The SMILES string of the molecule is O=C(CC1CCC1)C1CC2CCC(C1)N2. The van der Waals surface area contributed by atoms with Crippen LogP contribution in [0.25, 0.3) is 0 Å². The van der Waals surface area contributed by atoms with Gasteiger partial charge in [-0.15, -0.1) is 0 Å². The second kappa shape index (κ2) is 3.89. The van der Waals surface area contributed by atoms with Crippen molar-refractivity contribution in [1.29, 1.82) is 0 Å². The Hall–Kier alpha value is -0.370. The van der Waals surface area contributed by atoms with Crippen molar-refractivity contribution in [3.8, 4) is 0 Å². The van der Waals surface area contributed by atoms with Gasteiger partial charge in [0.2, 0.25) is 0 Å². The predicted octanol–water partition coefficient (Wildman–Crippen LogP) is 2.28. The van der Waals surface area contributed by atoms with Gasteiger partial charge in [-0.3, -0.25) is 4.79 Å². The molecule has 84 valence electrons. The lowest BCUT2D eigenvalue weighted by Gasteiger charge is -2.31. The van der Waals surface area contributed by atoms with Crippen LogP contribution in [0.4, 0.5) is 0 Å². The summed E-state index contributed by atoms with van der Waals surface area (Å²) in [4.78, 5) is 12.1. The molecule has 15 heavy (non-hydrogen) atoms. The van der Waals surface area contributed by atoms with Gasteiger partial charge >= 0.3 is 0 Å². The summed E-state index contributed by atoms with van der Waals surface area (Å²) in [6.45, 7) is 0. The van der Waals surface area contributed by atoms with E-state index in [0.29, 0.717) is 23.8 Å². The Morgan fingerprint density at radius 2 is 1.73 bits per heavy atom. The van der Waals surface area contributed by atoms with E-state index in [9.17, 15) is 4.79 Å². The molecule has 0 amide bonds. The Bertz CT molecular complexity index is 247. The van der Waals surface area contributed by atoms with Gasteiger partial charge in [-0.25, -0.2) is 0 Å². The molecule has 3 rings (SSSR count). The second-order valence-corrected chi connectivity index (χ2v) is 5.77. The number of Topliss-reactive ketones (excluding diaryl/α,β-unsaturated/α-hetero) is 1. The first kappa shape index (κ1) is 9.83. The summed E-state index contributed by atoms with van der Waals surface area (Å²) in [5, 5.41) is 3.60. The van der Waals surface area contributed by atoms with Gasteiger partial charge in [0, 0.05) is 24.4 Å². The van der Waals surface area contributed by atoms with Crippen molar-refractivity contribution in [2.24, 2.45) is 11.8 Å². The Morgan fingerprint density at radius 3 is 2.27 bits per heavy atom. The molecule has 1 N–H and O–H groups in total. The van der Waals surface area contributed by atoms with Gasteiger partial charge in [-0.1, -0.05) is 19.3 Å². The molecule has 2 bridgehead atoms. The van der Waals surface area contributed by atoms with Gasteiger partial charge in [0.05, 0.1) is 0 Å². The lowest BCUT2D eigenvalue weighted by Crippen LogP contribution is -2.41. The number of carbonyl (C=O) groups excluding carboxylic acids is 1. The van der Waals surface area contributed by atoms with E-state index in [1.807, 2.05) is 0 Å². The molecule has 1 saturated carbocycles. The van der Waals surface area contributed by atoms with Crippen molar-refractivity contribution >= 4 is 5.78 Å². The molecule has 0 radical (unpaired) electrons. The van der Waals surface area contributed by atoms with Crippen LogP contribution in [0.3, 0.4) is 0 Å². The molecule has 2 unspecified atom stereocenters. The molecule has 2 saturated heterocycles. The van der Waals surface area contributed by atoms with Crippen molar-refractivity contribution < 1.29 is 4.79 Å². The van der Waals surface area contributed by atoms with Crippen LogP contribution in [0.2, 0.25) is 0 Å². The maximum Gasteiger partial charge on any atom is 0.136 e. The van der Waals surface area contributed by atoms with Crippen LogP contribution in [0.15, 0.2) is 0 Å². The molecule has 0 aromatic heterocycles. The standard InChI is InChI=1S/C13H21NO/c15-13(6-9-2-1-3-9)10-7-11-4-5-12(8-10)14-11/h9-12,14H,1-8H2. The fourth-order valence-corrected chi connectivity index (χ4v) is 3.47. The molecule has 2 aliphatic heterocycles. The van der Waals surface area contributed by atoms with Crippen LogP contribution >= 0.6 is 0 Å². The van der Waals surface area contributed by atoms with E-state index in [2.05, 4.69) is 5.32 Å². The molecule has 2 heteroatoms. The van der Waals surface area contributed by atoms with Crippen LogP contribution in [0, 0.1) is 11.8 Å². The first-order valence-corrected chi connectivity index (χ1v) is 6.60. The average Bonchev–Trinajstić information content (AvgIpc) is 2.51. The van der Waals surface area contributed by atoms with Gasteiger partial charge in [0.1, 0.15) is 5.78 Å². The highest BCUT2D eigenvalue weighted by Gasteiger charge is 2.37. The fraction of sp³-hybridized carbons (Fsp3) is 0.923. The minimum Gasteiger partial charge on any atom is -0.311 e. The topological polar surface area (TPSA) is 29.1 Å². The number of rotatable bonds is 3. The molecule has 0 aromatic carbocycles. The molecular formula is C13H21NO. The highest BCUT2D eigenvalue weighted by molar-refractivity contribution is 5.81. The van der Waals surface area contributed by atoms with Gasteiger partial charge in [-0.2, -0.15) is 0 Å². The summed E-state index contributed by atoms with van der Waals surface area (Å²) in [5.74, 6) is 1.74. The van der Waals surface area contributed by atoms with Crippen molar-refractivity contribution in [3.63, 3.8) is 0 Å². The number of hydrogen-bond donors (Lipinski definition) is 1. The summed E-state index contributed by atoms with van der Waals surface area (Å²) < 4.78 is 0. The minimum atomic E-state index is 0.407. The number of piperidine rings is 1. The summed E-state index contributed by atoms with van der Waals surface area (Å²) in [6, 6.07) is 1.33. The third kappa shape index (κ3) is 1.96. The maximum atomic E-state index is 12.1. The first-order chi connectivity index (χ1) is 7.31. The lowest BCUT2D eigenvalue weighted by atomic mass is 9.77. The van der Waals surface area contributed by atoms with Crippen LogP contribution < -0.4 is 5.32 Å². The quantitative estimate of drug-likeness (QED) is 0.769. The van der Waals surface area contributed by atoms with E-state index in [4.69, 9.17) is 0 Å². The molecule has 2 atom stereocenters. The normalized spacial score (nSPS) is 40.1. The van der Waals surface area contributed by atoms with Crippen molar-refractivity contribution in [2.45, 2.75) is 63.5 Å². The van der Waals surface area contributed by atoms with E-state index < -0.39 is 0 Å². The Balaban J connectivity index is 1.55. The minimum absolute atomic E-state index is 0.407. The summed E-state index contributed by atoms with van der Waals surface area (Å²) in [5.41, 5.74) is 0. The first-order valence-electron chi connectivity index (χ1n) is 6.60. The lowest BCUT2D eigenvalue weighted by molar-refractivity contribution is -0.125. The van der Waals surface area contributed by atoms with Crippen molar-refractivity contribution in [3.05, 3.63) is 0 Å². The number of ketones is 1. The Labute approximate surface area is 91.8 Å². The Kier molecular flexibility index (Phi) is 2.55. The van der Waals surface area contributed by atoms with Crippen LogP contribution in [-0.4, -0.2) is 17.9 Å². The molecule has 0 spiro atoms. The summed E-state index contributed by atoms with van der Waals surface area (Å²) in [7, 11) is 0. The third-order valence-electron chi connectivity index (χ3n) is 4.64. The highest BCUT2D eigenvalue weighted by Crippen LogP contribution is 2.35. The number of hydrogen-bond acceptors (Lipinski definition) is 2. The van der Waals surface area contributed by atoms with Crippen molar-refractivity contribution in [2.75, 3.05) is 0 Å². The van der Waals surface area contributed by atoms with Gasteiger partial charge in [-0.05, 0) is 31.6 Å². The monoisotopic (exact) mass is 207 g/mol. The zero-order valence-corrected chi connectivity index (χ0v) is 9.37. The molecular weight excluding hydrogens is 186 g/mol. The second-order valence-electron chi connectivity index (χ2n) is 5.77. The predicted molar refractivity (Wildman–Crippen MR) is 59.6 cm³/mol. The summed E-state index contributed by atoms with van der Waals surface area (Å²) >= 11 is 0. The molecule has 1 aliphatic carbocycles. The average molecular weight is 207 g/mol. The van der Waals surface area contributed by atoms with E-state index in [1.165, 1.54) is 32.1 Å². The molecule has 3 aliphatic rings. The van der Waals surface area contributed by atoms with E-state index in [1.54, 1.807) is 0 Å². The summed E-state index contributed by atoms with van der Waals surface area (Å²) in [6.07, 6.45) is 9.73. The zero-order chi connectivity index (χ0) is 10.3. The zero-order valence-electron chi connectivity index (χ0n) is 9.37. The van der Waals surface area contributed by atoms with Crippen molar-refractivity contribution in [1.82, 2.24) is 5.32 Å². The smallest absolute Gasteiger partial charge is 0.136 e. The van der Waals surface area contributed by atoms with Crippen LogP contribution in [-0.2, 0) is 4.79 Å². The molecule has 3 fully saturated rings. The number of nitrogens with one attached hydrogen (secondary N) is 1. The third-order valence-corrected chi connectivity index (χ3v) is 4.64. The fourth-order valence-electron chi connectivity index (χ4n) is 3.47.